The molecule has 0 atom stereocenters. The van der Waals surface area contributed by atoms with E-state index in [9.17, 15) is 9.90 Å². The summed E-state index contributed by atoms with van der Waals surface area (Å²) in [5.41, 5.74) is 0.550. The normalized spacial score (nSPS) is 10.7. The summed E-state index contributed by atoms with van der Waals surface area (Å²) in [4.78, 5) is 16.0. The van der Waals surface area contributed by atoms with Crippen molar-refractivity contribution in [2.45, 2.75) is 9.92 Å². The molecule has 0 aliphatic carbocycles. The topological polar surface area (TPSA) is 76.0 Å². The van der Waals surface area contributed by atoms with Gasteiger partial charge in [0.2, 0.25) is 0 Å². The van der Waals surface area contributed by atoms with Gasteiger partial charge in [-0.15, -0.1) is 10.2 Å². The minimum atomic E-state index is -1.12. The van der Waals surface area contributed by atoms with Crippen molar-refractivity contribution in [2.75, 3.05) is 0 Å². The van der Waals surface area contributed by atoms with Crippen LogP contribution >= 0.6 is 23.4 Å². The first-order valence-electron chi connectivity index (χ1n) is 5.93. The lowest BCUT2D eigenvalue weighted by Gasteiger charge is -2.07. The van der Waals surface area contributed by atoms with Crippen molar-refractivity contribution in [1.82, 2.24) is 15.2 Å². The number of pyridine rings is 1. The van der Waals surface area contributed by atoms with Crippen LogP contribution in [0.15, 0.2) is 52.5 Å². The lowest BCUT2D eigenvalue weighted by atomic mass is 10.2. The Morgan fingerprint density at radius 3 is 2.67 bits per heavy atom. The van der Waals surface area contributed by atoms with Gasteiger partial charge in [-0.05, 0) is 18.2 Å². The molecule has 1 aromatic carbocycles. The standard InChI is InChI=1S/C14H8ClN3O2S/c15-8-5-6-11(16-7-8)21-13-9-3-1-2-4-10(9)17-18-12(13)14(19)20/h1-7H,(H,19,20). The molecular weight excluding hydrogens is 310 g/mol. The second-order valence-corrected chi connectivity index (χ2v) is 5.58. The van der Waals surface area contributed by atoms with E-state index in [0.717, 1.165) is 5.39 Å². The number of carbonyl (C=O) groups is 1. The summed E-state index contributed by atoms with van der Waals surface area (Å²) >= 11 is 7.03. The Labute approximate surface area is 129 Å². The monoisotopic (exact) mass is 317 g/mol. The molecule has 0 fully saturated rings. The van der Waals surface area contributed by atoms with Gasteiger partial charge >= 0.3 is 5.97 Å². The maximum absolute atomic E-state index is 11.4. The fourth-order valence-electron chi connectivity index (χ4n) is 1.80. The molecule has 3 rings (SSSR count). The fourth-order valence-corrected chi connectivity index (χ4v) is 2.87. The minimum absolute atomic E-state index is 0.0875. The highest BCUT2D eigenvalue weighted by Gasteiger charge is 2.18. The second-order valence-electron chi connectivity index (χ2n) is 4.12. The van der Waals surface area contributed by atoms with E-state index in [4.69, 9.17) is 11.6 Å². The Morgan fingerprint density at radius 2 is 1.95 bits per heavy atom. The van der Waals surface area contributed by atoms with Crippen LogP contribution in [-0.2, 0) is 0 Å². The Morgan fingerprint density at radius 1 is 1.14 bits per heavy atom. The van der Waals surface area contributed by atoms with Crippen LogP contribution in [0.2, 0.25) is 5.02 Å². The molecule has 0 amide bonds. The van der Waals surface area contributed by atoms with E-state index >= 15 is 0 Å². The summed E-state index contributed by atoms with van der Waals surface area (Å²) in [5.74, 6) is -1.12. The number of carboxylic acids is 1. The summed E-state index contributed by atoms with van der Waals surface area (Å²) < 4.78 is 0. The van der Waals surface area contributed by atoms with Crippen molar-refractivity contribution < 1.29 is 9.90 Å². The number of hydrogen-bond acceptors (Lipinski definition) is 5. The Kier molecular flexibility index (Phi) is 3.72. The highest BCUT2D eigenvalue weighted by molar-refractivity contribution is 7.99. The van der Waals surface area contributed by atoms with Gasteiger partial charge in [0.1, 0.15) is 5.03 Å². The molecule has 21 heavy (non-hydrogen) atoms. The van der Waals surface area contributed by atoms with E-state index in [0.29, 0.717) is 20.5 Å². The quantitative estimate of drug-likeness (QED) is 0.796. The van der Waals surface area contributed by atoms with Crippen molar-refractivity contribution in [3.8, 4) is 0 Å². The van der Waals surface area contributed by atoms with Crippen molar-refractivity contribution in [2.24, 2.45) is 0 Å². The molecule has 0 spiro atoms. The van der Waals surface area contributed by atoms with E-state index in [1.807, 2.05) is 18.2 Å². The number of carboxylic acid groups (broad SMARTS) is 1. The average Bonchev–Trinajstić information content (AvgIpc) is 2.49. The van der Waals surface area contributed by atoms with Crippen molar-refractivity contribution in [3.63, 3.8) is 0 Å². The van der Waals surface area contributed by atoms with Gasteiger partial charge in [-0.2, -0.15) is 0 Å². The molecule has 7 heteroatoms. The van der Waals surface area contributed by atoms with E-state index in [-0.39, 0.29) is 5.69 Å². The van der Waals surface area contributed by atoms with Crippen LogP contribution < -0.4 is 0 Å². The zero-order valence-electron chi connectivity index (χ0n) is 10.5. The molecule has 3 aromatic rings. The number of rotatable bonds is 3. The highest BCUT2D eigenvalue weighted by atomic mass is 35.5. The maximum Gasteiger partial charge on any atom is 0.357 e. The number of nitrogens with zero attached hydrogens (tertiary/aromatic N) is 3. The lowest BCUT2D eigenvalue weighted by molar-refractivity contribution is 0.0685. The molecule has 0 bridgehead atoms. The third-order valence-corrected chi connectivity index (χ3v) is 4.02. The SMILES string of the molecule is O=C(O)c1nnc2ccccc2c1Sc1ccc(Cl)cn1. The molecule has 0 radical (unpaired) electrons. The predicted molar refractivity (Wildman–Crippen MR) is 79.9 cm³/mol. The predicted octanol–water partition coefficient (Wildman–Crippen LogP) is 3.53. The molecule has 5 nitrogen and oxygen atoms in total. The summed E-state index contributed by atoms with van der Waals surface area (Å²) in [6.45, 7) is 0. The Balaban J connectivity index is 2.16. The number of fused-ring (bicyclic) bond motifs is 1. The van der Waals surface area contributed by atoms with Crippen LogP contribution in [0.1, 0.15) is 10.5 Å². The van der Waals surface area contributed by atoms with Crippen LogP contribution in [0, 0.1) is 0 Å². The highest BCUT2D eigenvalue weighted by Crippen LogP contribution is 2.34. The second kappa shape index (κ2) is 5.67. The van der Waals surface area contributed by atoms with Gasteiger partial charge in [0.05, 0.1) is 15.4 Å². The minimum Gasteiger partial charge on any atom is -0.476 e. The molecule has 0 saturated heterocycles. The fraction of sp³-hybridized carbons (Fsp3) is 0. The summed E-state index contributed by atoms with van der Waals surface area (Å²) in [6.07, 6.45) is 1.52. The van der Waals surface area contributed by atoms with Crippen LogP contribution in [-0.4, -0.2) is 26.3 Å². The molecule has 0 saturated carbocycles. The summed E-state index contributed by atoms with van der Waals surface area (Å²) in [7, 11) is 0. The number of halogens is 1. The third kappa shape index (κ3) is 2.81. The van der Waals surface area contributed by atoms with Crippen molar-refractivity contribution >= 4 is 40.2 Å². The van der Waals surface area contributed by atoms with Crippen LogP contribution in [0.3, 0.4) is 0 Å². The van der Waals surface area contributed by atoms with Gasteiger partial charge in [0.25, 0.3) is 0 Å². The molecule has 1 N–H and O–H groups in total. The molecule has 2 heterocycles. The van der Waals surface area contributed by atoms with E-state index in [1.54, 1.807) is 18.2 Å². The van der Waals surface area contributed by atoms with E-state index in [2.05, 4.69) is 15.2 Å². The van der Waals surface area contributed by atoms with Gasteiger partial charge in [-0.3, -0.25) is 0 Å². The molecule has 0 aliphatic heterocycles. The van der Waals surface area contributed by atoms with Crippen LogP contribution in [0.5, 0.6) is 0 Å². The number of hydrogen-bond donors (Lipinski definition) is 1. The summed E-state index contributed by atoms with van der Waals surface area (Å²) in [5, 5.41) is 18.9. The first kappa shape index (κ1) is 13.8. The molecule has 2 aromatic heterocycles. The number of aromatic nitrogens is 3. The van der Waals surface area contributed by atoms with Gasteiger partial charge in [0.15, 0.2) is 5.69 Å². The first-order chi connectivity index (χ1) is 10.1. The Bertz CT molecular complexity index is 824. The average molecular weight is 318 g/mol. The lowest BCUT2D eigenvalue weighted by Crippen LogP contribution is -2.05. The van der Waals surface area contributed by atoms with Crippen molar-refractivity contribution in [3.05, 3.63) is 53.3 Å². The van der Waals surface area contributed by atoms with Gasteiger partial charge < -0.3 is 5.11 Å². The summed E-state index contributed by atoms with van der Waals surface area (Å²) in [6, 6.07) is 10.7. The van der Waals surface area contributed by atoms with Crippen LogP contribution in [0.4, 0.5) is 0 Å². The number of aromatic carboxylic acids is 1. The Hall–Kier alpha value is -2.18. The van der Waals surface area contributed by atoms with E-state index < -0.39 is 5.97 Å². The number of benzene rings is 1. The van der Waals surface area contributed by atoms with Gasteiger partial charge in [0, 0.05) is 11.6 Å². The van der Waals surface area contributed by atoms with Crippen molar-refractivity contribution in [1.29, 1.82) is 0 Å². The third-order valence-electron chi connectivity index (χ3n) is 2.73. The van der Waals surface area contributed by atoms with Gasteiger partial charge in [-0.25, -0.2) is 9.78 Å². The molecule has 0 unspecified atom stereocenters. The maximum atomic E-state index is 11.4. The first-order valence-corrected chi connectivity index (χ1v) is 7.13. The van der Waals surface area contributed by atoms with Crippen LogP contribution in [0.25, 0.3) is 10.9 Å². The largest absolute Gasteiger partial charge is 0.476 e. The van der Waals surface area contributed by atoms with Gasteiger partial charge in [-0.1, -0.05) is 41.6 Å². The smallest absolute Gasteiger partial charge is 0.357 e. The zero-order chi connectivity index (χ0) is 14.8. The molecule has 0 aliphatic rings. The molecular formula is C14H8ClN3O2S. The zero-order valence-corrected chi connectivity index (χ0v) is 12.1. The molecule has 104 valence electrons. The van der Waals surface area contributed by atoms with E-state index in [1.165, 1.54) is 18.0 Å².